The minimum atomic E-state index is -0.379. The third-order valence-electron chi connectivity index (χ3n) is 4.71. The first kappa shape index (κ1) is 15.1. The van der Waals surface area contributed by atoms with E-state index in [1.807, 2.05) is 24.3 Å². The van der Waals surface area contributed by atoms with Crippen LogP contribution in [0.25, 0.3) is 0 Å². The summed E-state index contributed by atoms with van der Waals surface area (Å²) < 4.78 is 11.0. The van der Waals surface area contributed by atoms with E-state index >= 15 is 0 Å². The van der Waals surface area contributed by atoms with E-state index in [0.29, 0.717) is 24.8 Å². The number of aromatic nitrogens is 1. The Kier molecular flexibility index (Phi) is 4.11. The Balaban J connectivity index is 1.58. The normalized spacial score (nSPS) is 24.8. The predicted molar refractivity (Wildman–Crippen MR) is 85.1 cm³/mol. The van der Waals surface area contributed by atoms with Crippen LogP contribution in [0.5, 0.6) is 0 Å². The van der Waals surface area contributed by atoms with Gasteiger partial charge in [-0.3, -0.25) is 4.90 Å². The highest BCUT2D eigenvalue weighted by molar-refractivity contribution is 6.30. The minimum absolute atomic E-state index is 0.0378. The molecule has 5 nitrogen and oxygen atoms in total. The maximum Gasteiger partial charge on any atom is 0.144 e. The van der Waals surface area contributed by atoms with Crippen LogP contribution >= 0.6 is 11.6 Å². The van der Waals surface area contributed by atoms with Gasteiger partial charge < -0.3 is 14.4 Å². The maximum absolute atomic E-state index is 10.4. The van der Waals surface area contributed by atoms with Crippen LogP contribution in [0.2, 0.25) is 5.02 Å². The third kappa shape index (κ3) is 2.90. The Morgan fingerprint density at radius 2 is 2.13 bits per heavy atom. The molecule has 0 bridgehead atoms. The standard InChI is InChI=1S/C17H19ClN2O3/c18-12-3-1-11(2-4-12)17-15(21)5-7-20(17)9-14-13-10-22-8-6-16(13)23-19-14/h1-4,15,17,21H,5-10H2/t15-,17-/m1/s1. The molecule has 0 spiro atoms. The van der Waals surface area contributed by atoms with Crippen LogP contribution in [0, 0.1) is 0 Å². The quantitative estimate of drug-likeness (QED) is 0.935. The Labute approximate surface area is 139 Å². The third-order valence-corrected chi connectivity index (χ3v) is 4.96. The highest BCUT2D eigenvalue weighted by atomic mass is 35.5. The fourth-order valence-electron chi connectivity index (χ4n) is 3.51. The van der Waals surface area contributed by atoms with Crippen LogP contribution in [-0.2, 0) is 24.3 Å². The molecule has 1 aromatic heterocycles. The van der Waals surface area contributed by atoms with Crippen LogP contribution in [0.1, 0.15) is 35.0 Å². The highest BCUT2D eigenvalue weighted by Crippen LogP contribution is 2.35. The van der Waals surface area contributed by atoms with Crippen LogP contribution in [0.4, 0.5) is 0 Å². The van der Waals surface area contributed by atoms with E-state index < -0.39 is 0 Å². The first-order valence-corrected chi connectivity index (χ1v) is 8.32. The zero-order valence-electron chi connectivity index (χ0n) is 12.7. The SMILES string of the molecule is O[C@@H]1CCN(Cc2noc3c2COCC3)[C@@H]1c1ccc(Cl)cc1. The number of hydrogen-bond donors (Lipinski definition) is 1. The molecular weight excluding hydrogens is 316 g/mol. The van der Waals surface area contributed by atoms with Gasteiger partial charge in [-0.2, -0.15) is 0 Å². The molecule has 2 aliphatic rings. The number of fused-ring (bicyclic) bond motifs is 1. The summed E-state index contributed by atoms with van der Waals surface area (Å²) in [6.07, 6.45) is 1.16. The summed E-state index contributed by atoms with van der Waals surface area (Å²) in [5.74, 6) is 0.939. The van der Waals surface area contributed by atoms with E-state index in [0.717, 1.165) is 42.0 Å². The summed E-state index contributed by atoms with van der Waals surface area (Å²) in [6.45, 7) is 2.75. The number of hydrogen-bond acceptors (Lipinski definition) is 5. The summed E-state index contributed by atoms with van der Waals surface area (Å²) in [7, 11) is 0. The lowest BCUT2D eigenvalue weighted by Gasteiger charge is -2.26. The van der Waals surface area contributed by atoms with Crippen LogP contribution < -0.4 is 0 Å². The van der Waals surface area contributed by atoms with Crippen LogP contribution in [-0.4, -0.2) is 34.4 Å². The van der Waals surface area contributed by atoms with E-state index in [1.54, 1.807) is 0 Å². The van der Waals surface area contributed by atoms with Gasteiger partial charge in [-0.05, 0) is 24.1 Å². The molecule has 2 aliphatic heterocycles. The van der Waals surface area contributed by atoms with Gasteiger partial charge in [0, 0.05) is 30.1 Å². The van der Waals surface area contributed by atoms with Gasteiger partial charge in [-0.25, -0.2) is 0 Å². The number of aliphatic hydroxyl groups is 1. The number of ether oxygens (including phenoxy) is 1. The average Bonchev–Trinajstić information content (AvgIpc) is 3.13. The molecular formula is C17H19ClN2O3. The van der Waals surface area contributed by atoms with Gasteiger partial charge in [0.1, 0.15) is 11.5 Å². The lowest BCUT2D eigenvalue weighted by Crippen LogP contribution is -2.27. The number of nitrogens with zero attached hydrogens (tertiary/aromatic N) is 2. The number of likely N-dealkylation sites (tertiary alicyclic amines) is 1. The smallest absolute Gasteiger partial charge is 0.144 e. The second kappa shape index (κ2) is 6.24. The predicted octanol–water partition coefficient (Wildman–Crippen LogP) is 2.71. The van der Waals surface area contributed by atoms with Crippen molar-refractivity contribution in [2.75, 3.05) is 13.2 Å². The number of aliphatic hydroxyl groups excluding tert-OH is 1. The van der Waals surface area contributed by atoms with Crippen molar-refractivity contribution in [1.29, 1.82) is 0 Å². The van der Waals surface area contributed by atoms with E-state index in [1.165, 1.54) is 0 Å². The maximum atomic E-state index is 10.4. The molecule has 23 heavy (non-hydrogen) atoms. The van der Waals surface area contributed by atoms with Gasteiger partial charge in [-0.1, -0.05) is 28.9 Å². The zero-order valence-corrected chi connectivity index (χ0v) is 13.5. The van der Waals surface area contributed by atoms with E-state index in [2.05, 4.69) is 10.1 Å². The second-order valence-corrected chi connectivity index (χ2v) is 6.59. The van der Waals surface area contributed by atoms with Crippen molar-refractivity contribution in [1.82, 2.24) is 10.1 Å². The summed E-state index contributed by atoms with van der Waals surface area (Å²) in [4.78, 5) is 2.25. The van der Waals surface area contributed by atoms with Gasteiger partial charge in [-0.15, -0.1) is 0 Å². The van der Waals surface area contributed by atoms with Crippen molar-refractivity contribution in [3.8, 4) is 0 Å². The fraction of sp³-hybridized carbons (Fsp3) is 0.471. The molecule has 0 aliphatic carbocycles. The summed E-state index contributed by atoms with van der Waals surface area (Å²) in [5.41, 5.74) is 3.08. The van der Waals surface area contributed by atoms with Crippen molar-refractivity contribution >= 4 is 11.6 Å². The van der Waals surface area contributed by atoms with Crippen molar-refractivity contribution in [2.45, 2.75) is 38.1 Å². The van der Waals surface area contributed by atoms with Crippen LogP contribution in [0.3, 0.4) is 0 Å². The van der Waals surface area contributed by atoms with Gasteiger partial charge in [0.05, 0.1) is 25.4 Å². The molecule has 3 heterocycles. The first-order valence-electron chi connectivity index (χ1n) is 7.94. The van der Waals surface area contributed by atoms with E-state index in [9.17, 15) is 5.11 Å². The lowest BCUT2D eigenvalue weighted by molar-refractivity contribution is 0.100. The molecule has 0 saturated carbocycles. The number of halogens is 1. The topological polar surface area (TPSA) is 58.7 Å². The fourth-order valence-corrected chi connectivity index (χ4v) is 3.63. The monoisotopic (exact) mass is 334 g/mol. The van der Waals surface area contributed by atoms with E-state index in [4.69, 9.17) is 20.9 Å². The molecule has 122 valence electrons. The van der Waals surface area contributed by atoms with Crippen LogP contribution in [0.15, 0.2) is 28.8 Å². The Morgan fingerprint density at radius 3 is 2.96 bits per heavy atom. The zero-order chi connectivity index (χ0) is 15.8. The van der Waals surface area contributed by atoms with E-state index in [-0.39, 0.29) is 12.1 Å². The Morgan fingerprint density at radius 1 is 1.30 bits per heavy atom. The molecule has 1 aromatic carbocycles. The van der Waals surface area contributed by atoms with Gasteiger partial charge in [0.25, 0.3) is 0 Å². The average molecular weight is 335 g/mol. The summed E-state index contributed by atoms with van der Waals surface area (Å²) in [5, 5.41) is 15.3. The van der Waals surface area contributed by atoms with Gasteiger partial charge in [0.2, 0.25) is 0 Å². The summed E-state index contributed by atoms with van der Waals surface area (Å²) in [6, 6.07) is 7.66. The van der Waals surface area contributed by atoms with Gasteiger partial charge in [0.15, 0.2) is 0 Å². The minimum Gasteiger partial charge on any atom is -0.391 e. The Bertz CT molecular complexity index is 686. The molecule has 0 unspecified atom stereocenters. The molecule has 0 radical (unpaired) electrons. The molecule has 2 atom stereocenters. The van der Waals surface area contributed by atoms with Crippen molar-refractivity contribution < 1.29 is 14.4 Å². The molecule has 1 N–H and O–H groups in total. The van der Waals surface area contributed by atoms with Crippen molar-refractivity contribution in [3.63, 3.8) is 0 Å². The van der Waals surface area contributed by atoms with Crippen molar-refractivity contribution in [2.24, 2.45) is 0 Å². The molecule has 0 amide bonds. The Hall–Kier alpha value is -1.40. The lowest BCUT2D eigenvalue weighted by atomic mass is 10.0. The second-order valence-electron chi connectivity index (χ2n) is 6.16. The molecule has 4 rings (SSSR count). The largest absolute Gasteiger partial charge is 0.391 e. The van der Waals surface area contributed by atoms with Crippen molar-refractivity contribution in [3.05, 3.63) is 51.9 Å². The molecule has 1 fully saturated rings. The molecule has 2 aromatic rings. The highest BCUT2D eigenvalue weighted by Gasteiger charge is 2.35. The molecule has 6 heteroatoms. The molecule has 1 saturated heterocycles. The summed E-state index contributed by atoms with van der Waals surface area (Å²) >= 11 is 5.97. The number of benzene rings is 1. The van der Waals surface area contributed by atoms with Gasteiger partial charge >= 0.3 is 0 Å². The first-order chi connectivity index (χ1) is 11.2. The number of rotatable bonds is 3.